The third-order valence-corrected chi connectivity index (χ3v) is 6.06. The van der Waals surface area contributed by atoms with Crippen molar-refractivity contribution in [3.8, 4) is 5.75 Å². The van der Waals surface area contributed by atoms with Gasteiger partial charge in [0.05, 0.1) is 7.11 Å². The lowest BCUT2D eigenvalue weighted by atomic mass is 9.98. The summed E-state index contributed by atoms with van der Waals surface area (Å²) in [5, 5.41) is 3.49. The highest BCUT2D eigenvalue weighted by atomic mass is 127. The molecule has 0 bridgehead atoms. The van der Waals surface area contributed by atoms with Crippen LogP contribution in [0.4, 0.5) is 5.69 Å². The molecule has 1 atom stereocenters. The summed E-state index contributed by atoms with van der Waals surface area (Å²) in [6.07, 6.45) is 2.73. The number of hydrogen-bond acceptors (Lipinski definition) is 3. The number of hydrogen-bond donors (Lipinski definition) is 1. The number of carbonyl (C=O) groups is 1. The van der Waals surface area contributed by atoms with Gasteiger partial charge in [0.1, 0.15) is 5.75 Å². The summed E-state index contributed by atoms with van der Waals surface area (Å²) in [7, 11) is 3.53. The third-order valence-electron chi connectivity index (χ3n) is 6.06. The maximum atomic E-state index is 11.9. The summed E-state index contributed by atoms with van der Waals surface area (Å²) in [5.41, 5.74) is 3.52. The van der Waals surface area contributed by atoms with Gasteiger partial charge in [0.25, 0.3) is 0 Å². The quantitative estimate of drug-likeness (QED) is 0.358. The van der Waals surface area contributed by atoms with Crippen molar-refractivity contribution in [1.82, 2.24) is 10.2 Å². The Bertz CT molecular complexity index is 899. The van der Waals surface area contributed by atoms with Crippen LogP contribution >= 0.6 is 24.0 Å². The van der Waals surface area contributed by atoms with E-state index in [9.17, 15) is 4.79 Å². The molecule has 166 valence electrons. The molecule has 2 heterocycles. The summed E-state index contributed by atoms with van der Waals surface area (Å²) < 4.78 is 5.27. The van der Waals surface area contributed by atoms with Gasteiger partial charge in [0.15, 0.2) is 5.96 Å². The topological polar surface area (TPSA) is 57.2 Å². The molecule has 0 saturated carbocycles. The molecule has 1 amide bonds. The van der Waals surface area contributed by atoms with Gasteiger partial charge in [-0.3, -0.25) is 9.79 Å². The van der Waals surface area contributed by atoms with Crippen molar-refractivity contribution in [2.75, 3.05) is 38.7 Å². The standard InChI is InChI=1S/C24H30N4O2.HI/c1-25-24(27-15-13-20(17-27)19-7-11-22(30-2)12-8-19)26-16-18-5-9-21(10-6-18)28-14-3-4-23(28)29;/h5-12,20H,3-4,13-17H2,1-2H3,(H,25,26);1H. The number of amides is 1. The van der Waals surface area contributed by atoms with Gasteiger partial charge >= 0.3 is 0 Å². The van der Waals surface area contributed by atoms with Crippen LogP contribution < -0.4 is 15.0 Å². The fourth-order valence-corrected chi connectivity index (χ4v) is 4.33. The van der Waals surface area contributed by atoms with Gasteiger partial charge in [0, 0.05) is 51.3 Å². The molecule has 6 nitrogen and oxygen atoms in total. The minimum Gasteiger partial charge on any atom is -0.497 e. The van der Waals surface area contributed by atoms with Crippen LogP contribution in [0.15, 0.2) is 53.5 Å². The lowest BCUT2D eigenvalue weighted by molar-refractivity contribution is -0.117. The van der Waals surface area contributed by atoms with Gasteiger partial charge in [-0.1, -0.05) is 24.3 Å². The number of ether oxygens (including phenoxy) is 1. The van der Waals surface area contributed by atoms with E-state index in [4.69, 9.17) is 4.74 Å². The largest absolute Gasteiger partial charge is 0.497 e. The molecule has 0 spiro atoms. The number of nitrogens with zero attached hydrogens (tertiary/aromatic N) is 3. The van der Waals surface area contributed by atoms with Gasteiger partial charge in [0.2, 0.25) is 5.91 Å². The molecular formula is C24H31IN4O2. The van der Waals surface area contributed by atoms with Crippen LogP contribution in [-0.4, -0.2) is 50.6 Å². The fourth-order valence-electron chi connectivity index (χ4n) is 4.33. The zero-order valence-electron chi connectivity index (χ0n) is 18.2. The van der Waals surface area contributed by atoms with Crippen LogP contribution in [0.25, 0.3) is 0 Å². The molecule has 2 aliphatic heterocycles. The number of guanidine groups is 1. The molecular weight excluding hydrogens is 503 g/mol. The van der Waals surface area contributed by atoms with Crippen LogP contribution in [0.5, 0.6) is 5.75 Å². The Morgan fingerprint density at radius 2 is 1.87 bits per heavy atom. The van der Waals surface area contributed by atoms with E-state index in [1.165, 1.54) is 11.1 Å². The highest BCUT2D eigenvalue weighted by Crippen LogP contribution is 2.28. The summed E-state index contributed by atoms with van der Waals surface area (Å²) in [5.74, 6) is 2.56. The molecule has 31 heavy (non-hydrogen) atoms. The van der Waals surface area contributed by atoms with E-state index in [0.29, 0.717) is 18.9 Å². The van der Waals surface area contributed by atoms with Gasteiger partial charge in [-0.25, -0.2) is 0 Å². The Hall–Kier alpha value is -2.29. The normalized spacial score (nSPS) is 18.8. The van der Waals surface area contributed by atoms with Gasteiger partial charge in [-0.05, 0) is 48.2 Å². The molecule has 0 aliphatic carbocycles. The van der Waals surface area contributed by atoms with Gasteiger partial charge in [-0.2, -0.15) is 0 Å². The molecule has 0 aromatic heterocycles. The zero-order valence-corrected chi connectivity index (χ0v) is 20.5. The summed E-state index contributed by atoms with van der Waals surface area (Å²) >= 11 is 0. The van der Waals surface area contributed by atoms with Crippen molar-refractivity contribution in [3.05, 3.63) is 59.7 Å². The molecule has 4 rings (SSSR count). The second-order valence-corrected chi connectivity index (χ2v) is 7.92. The number of nitrogens with one attached hydrogen (secondary N) is 1. The van der Waals surface area contributed by atoms with Crippen molar-refractivity contribution in [3.63, 3.8) is 0 Å². The highest BCUT2D eigenvalue weighted by Gasteiger charge is 2.26. The van der Waals surface area contributed by atoms with Crippen LogP contribution in [-0.2, 0) is 11.3 Å². The zero-order chi connectivity index (χ0) is 20.9. The van der Waals surface area contributed by atoms with Crippen LogP contribution in [0.2, 0.25) is 0 Å². The number of rotatable bonds is 5. The van der Waals surface area contributed by atoms with Gasteiger partial charge < -0.3 is 19.9 Å². The third kappa shape index (κ3) is 5.50. The predicted octanol–water partition coefficient (Wildman–Crippen LogP) is 4.00. The Morgan fingerprint density at radius 1 is 1.13 bits per heavy atom. The van der Waals surface area contributed by atoms with Crippen LogP contribution in [0.3, 0.4) is 0 Å². The number of likely N-dealkylation sites (tertiary alicyclic amines) is 1. The molecule has 2 aromatic rings. The maximum absolute atomic E-state index is 11.9. The number of benzene rings is 2. The summed E-state index contributed by atoms with van der Waals surface area (Å²) in [4.78, 5) is 20.6. The van der Waals surface area contributed by atoms with Crippen molar-refractivity contribution < 1.29 is 9.53 Å². The predicted molar refractivity (Wildman–Crippen MR) is 136 cm³/mol. The number of aliphatic imine (C=N–C) groups is 1. The van der Waals surface area contributed by atoms with Crippen LogP contribution in [0, 0.1) is 0 Å². The van der Waals surface area contributed by atoms with E-state index in [1.807, 2.05) is 36.2 Å². The number of methoxy groups -OCH3 is 1. The lowest BCUT2D eigenvalue weighted by Gasteiger charge is -2.22. The highest BCUT2D eigenvalue weighted by molar-refractivity contribution is 14.0. The second kappa shape index (κ2) is 10.8. The first-order chi connectivity index (χ1) is 14.7. The fraction of sp³-hybridized carbons (Fsp3) is 0.417. The monoisotopic (exact) mass is 534 g/mol. The molecule has 2 aromatic carbocycles. The van der Waals surface area contributed by atoms with E-state index >= 15 is 0 Å². The van der Waals surface area contributed by atoms with E-state index in [0.717, 1.165) is 49.9 Å². The smallest absolute Gasteiger partial charge is 0.227 e. The first-order valence-corrected chi connectivity index (χ1v) is 10.7. The molecule has 2 aliphatic rings. The average Bonchev–Trinajstić information content (AvgIpc) is 3.44. The number of carbonyl (C=O) groups excluding carboxylic acids is 1. The van der Waals surface area contributed by atoms with Crippen LogP contribution in [0.1, 0.15) is 36.3 Å². The number of anilines is 1. The summed E-state index contributed by atoms with van der Waals surface area (Å²) in [6.45, 7) is 3.49. The van der Waals surface area contributed by atoms with Gasteiger partial charge in [-0.15, -0.1) is 24.0 Å². The lowest BCUT2D eigenvalue weighted by Crippen LogP contribution is -2.39. The Kier molecular flexibility index (Phi) is 8.17. The molecule has 7 heteroatoms. The molecule has 2 fully saturated rings. The second-order valence-electron chi connectivity index (χ2n) is 7.92. The van der Waals surface area contributed by atoms with Crippen molar-refractivity contribution in [2.24, 2.45) is 4.99 Å². The summed E-state index contributed by atoms with van der Waals surface area (Å²) in [6, 6.07) is 16.6. The minimum absolute atomic E-state index is 0. The first-order valence-electron chi connectivity index (χ1n) is 10.7. The van der Waals surface area contributed by atoms with E-state index < -0.39 is 0 Å². The molecule has 0 radical (unpaired) electrons. The van der Waals surface area contributed by atoms with Crippen molar-refractivity contribution in [1.29, 1.82) is 0 Å². The molecule has 1 unspecified atom stereocenters. The first kappa shape index (κ1) is 23.4. The molecule has 2 saturated heterocycles. The number of halogens is 1. The van der Waals surface area contributed by atoms with Crippen molar-refractivity contribution >= 4 is 41.5 Å². The maximum Gasteiger partial charge on any atom is 0.227 e. The van der Waals surface area contributed by atoms with Crippen molar-refractivity contribution in [2.45, 2.75) is 31.7 Å². The Morgan fingerprint density at radius 3 is 2.48 bits per heavy atom. The Balaban J connectivity index is 0.00000272. The van der Waals surface area contributed by atoms with E-state index in [-0.39, 0.29) is 29.9 Å². The Labute approximate surface area is 201 Å². The minimum atomic E-state index is 0. The average molecular weight is 534 g/mol. The molecule has 1 N–H and O–H groups in total. The SMILES string of the molecule is CN=C(NCc1ccc(N2CCCC2=O)cc1)N1CCC(c2ccc(OC)cc2)C1.I. The van der Waals surface area contributed by atoms with E-state index in [2.05, 4.69) is 39.5 Å². The van der Waals surface area contributed by atoms with E-state index in [1.54, 1.807) is 7.11 Å².